The Morgan fingerprint density at radius 2 is 2.19 bits per heavy atom. The Morgan fingerprint density at radius 3 is 2.69 bits per heavy atom. The zero-order valence-electron chi connectivity index (χ0n) is 8.44. The van der Waals surface area contributed by atoms with Crippen LogP contribution in [-0.4, -0.2) is 26.2 Å². The maximum atomic E-state index is 11.7. The molecule has 1 aromatic carbocycles. The molecule has 0 amide bonds. The monoisotopic (exact) mass is 327 g/mol. The van der Waals surface area contributed by atoms with Gasteiger partial charge in [-0.1, -0.05) is 27.5 Å². The number of sulfonamides is 1. The van der Waals surface area contributed by atoms with Crippen molar-refractivity contribution in [1.82, 2.24) is 4.72 Å². The first kappa shape index (κ1) is 13.9. The standard InChI is InChI=1S/C9H11BrClNO3S/c1-6(13)5-12-16(14,15)9-3-2-7(10)4-8(9)11/h2-4,6,12-13H,5H2,1H3/t6-/m1/s1. The van der Waals surface area contributed by atoms with Crippen LogP contribution in [0.4, 0.5) is 0 Å². The van der Waals surface area contributed by atoms with E-state index in [1.54, 1.807) is 6.07 Å². The molecule has 0 aliphatic rings. The molecule has 0 spiro atoms. The largest absolute Gasteiger partial charge is 0.392 e. The Bertz CT molecular complexity index is 476. The van der Waals surface area contributed by atoms with Crippen molar-refractivity contribution in [2.45, 2.75) is 17.9 Å². The van der Waals surface area contributed by atoms with Crippen molar-refractivity contribution in [3.05, 3.63) is 27.7 Å². The third-order valence-corrected chi connectivity index (χ3v) is 4.15. The minimum atomic E-state index is -3.67. The van der Waals surface area contributed by atoms with Crippen LogP contribution < -0.4 is 4.72 Å². The quantitative estimate of drug-likeness (QED) is 0.885. The molecule has 2 N–H and O–H groups in total. The van der Waals surface area contributed by atoms with Crippen LogP contribution in [0.1, 0.15) is 6.92 Å². The number of hydrogen-bond acceptors (Lipinski definition) is 3. The van der Waals surface area contributed by atoms with Gasteiger partial charge in [0.2, 0.25) is 10.0 Å². The maximum Gasteiger partial charge on any atom is 0.242 e. The van der Waals surface area contributed by atoms with Gasteiger partial charge in [0.15, 0.2) is 0 Å². The lowest BCUT2D eigenvalue weighted by Gasteiger charge is -2.09. The van der Waals surface area contributed by atoms with E-state index in [1.165, 1.54) is 19.1 Å². The van der Waals surface area contributed by atoms with Gasteiger partial charge in [0.05, 0.1) is 11.1 Å². The fourth-order valence-electron chi connectivity index (χ4n) is 1.00. The maximum absolute atomic E-state index is 11.7. The molecule has 0 bridgehead atoms. The molecule has 1 aromatic rings. The molecule has 4 nitrogen and oxygen atoms in total. The van der Waals surface area contributed by atoms with Crippen LogP contribution in [0.2, 0.25) is 5.02 Å². The molecule has 0 radical (unpaired) electrons. The molecule has 0 fully saturated rings. The summed E-state index contributed by atoms with van der Waals surface area (Å²) in [7, 11) is -3.67. The lowest BCUT2D eigenvalue weighted by atomic mass is 10.4. The molecule has 0 saturated heterocycles. The van der Waals surface area contributed by atoms with E-state index in [-0.39, 0.29) is 16.5 Å². The summed E-state index contributed by atoms with van der Waals surface area (Å²) in [6, 6.07) is 4.48. The van der Waals surface area contributed by atoms with E-state index in [0.29, 0.717) is 4.47 Å². The van der Waals surface area contributed by atoms with Crippen LogP contribution in [0.15, 0.2) is 27.6 Å². The highest BCUT2D eigenvalue weighted by molar-refractivity contribution is 9.10. The van der Waals surface area contributed by atoms with Gasteiger partial charge in [0, 0.05) is 11.0 Å². The van der Waals surface area contributed by atoms with Gasteiger partial charge in [-0.2, -0.15) is 0 Å². The van der Waals surface area contributed by atoms with Crippen LogP contribution in [0.5, 0.6) is 0 Å². The smallest absolute Gasteiger partial charge is 0.242 e. The van der Waals surface area contributed by atoms with Crippen molar-refractivity contribution in [2.24, 2.45) is 0 Å². The second-order valence-corrected chi connectivity index (χ2v) is 6.33. The topological polar surface area (TPSA) is 66.4 Å². The van der Waals surface area contributed by atoms with E-state index in [2.05, 4.69) is 20.7 Å². The van der Waals surface area contributed by atoms with E-state index in [0.717, 1.165) is 0 Å². The van der Waals surface area contributed by atoms with Crippen LogP contribution in [0, 0.1) is 0 Å². The summed E-state index contributed by atoms with van der Waals surface area (Å²) in [5.41, 5.74) is 0. The molecular weight excluding hydrogens is 318 g/mol. The average Bonchev–Trinajstić information content (AvgIpc) is 2.14. The molecule has 0 aliphatic heterocycles. The highest BCUT2D eigenvalue weighted by atomic mass is 79.9. The Kier molecular flexibility index (Phi) is 4.75. The lowest BCUT2D eigenvalue weighted by molar-refractivity contribution is 0.198. The fraction of sp³-hybridized carbons (Fsp3) is 0.333. The molecular formula is C9H11BrClNO3S. The van der Waals surface area contributed by atoms with Crippen LogP contribution in [0.3, 0.4) is 0 Å². The summed E-state index contributed by atoms with van der Waals surface area (Å²) in [6.07, 6.45) is -0.746. The highest BCUT2D eigenvalue weighted by Gasteiger charge is 2.18. The van der Waals surface area contributed by atoms with Crippen molar-refractivity contribution in [2.75, 3.05) is 6.54 Å². The SMILES string of the molecule is C[C@@H](O)CNS(=O)(=O)c1ccc(Br)cc1Cl. The van der Waals surface area contributed by atoms with Gasteiger partial charge in [-0.15, -0.1) is 0 Å². The third kappa shape index (κ3) is 3.71. The van der Waals surface area contributed by atoms with Crippen molar-refractivity contribution in [3.63, 3.8) is 0 Å². The van der Waals surface area contributed by atoms with Crippen molar-refractivity contribution in [3.8, 4) is 0 Å². The first-order valence-corrected chi connectivity index (χ1v) is 7.11. The Balaban J connectivity index is 2.99. The number of aliphatic hydroxyl groups is 1. The molecule has 0 aliphatic carbocycles. The lowest BCUT2D eigenvalue weighted by Crippen LogP contribution is -2.30. The molecule has 16 heavy (non-hydrogen) atoms. The van der Waals surface area contributed by atoms with Crippen molar-refractivity contribution < 1.29 is 13.5 Å². The molecule has 1 rings (SSSR count). The summed E-state index contributed by atoms with van der Waals surface area (Å²) in [6.45, 7) is 1.44. The molecule has 0 saturated carbocycles. The summed E-state index contributed by atoms with van der Waals surface area (Å²) in [4.78, 5) is -0.00184. The van der Waals surface area contributed by atoms with Gasteiger partial charge in [-0.25, -0.2) is 13.1 Å². The van der Waals surface area contributed by atoms with Gasteiger partial charge < -0.3 is 5.11 Å². The molecule has 0 heterocycles. The number of rotatable bonds is 4. The van der Waals surface area contributed by atoms with Crippen LogP contribution >= 0.6 is 27.5 Å². The number of halogens is 2. The number of benzene rings is 1. The predicted molar refractivity (Wildman–Crippen MR) is 66.0 cm³/mol. The van der Waals surface area contributed by atoms with E-state index >= 15 is 0 Å². The van der Waals surface area contributed by atoms with Crippen molar-refractivity contribution >= 4 is 37.6 Å². The van der Waals surface area contributed by atoms with E-state index in [1.807, 2.05) is 0 Å². The van der Waals surface area contributed by atoms with E-state index in [9.17, 15) is 8.42 Å². The molecule has 1 atom stereocenters. The normalized spacial score (nSPS) is 13.8. The Hall–Kier alpha value is -0.140. The fourth-order valence-corrected chi connectivity index (χ4v) is 3.16. The highest BCUT2D eigenvalue weighted by Crippen LogP contribution is 2.24. The minimum absolute atomic E-state index is 0.00184. The average molecular weight is 329 g/mol. The zero-order valence-corrected chi connectivity index (χ0v) is 11.6. The zero-order chi connectivity index (χ0) is 12.3. The van der Waals surface area contributed by atoms with Gasteiger partial charge in [-0.05, 0) is 25.1 Å². The van der Waals surface area contributed by atoms with Crippen LogP contribution in [0.25, 0.3) is 0 Å². The Labute approximate surface area is 108 Å². The summed E-state index contributed by atoms with van der Waals surface area (Å²) in [5.74, 6) is 0. The summed E-state index contributed by atoms with van der Waals surface area (Å²) < 4.78 is 26.5. The number of hydrogen-bond donors (Lipinski definition) is 2. The third-order valence-electron chi connectivity index (χ3n) is 1.75. The van der Waals surface area contributed by atoms with Gasteiger partial charge in [0.25, 0.3) is 0 Å². The predicted octanol–water partition coefficient (Wildman–Crippen LogP) is 1.76. The van der Waals surface area contributed by atoms with E-state index in [4.69, 9.17) is 16.7 Å². The number of nitrogens with one attached hydrogen (secondary N) is 1. The van der Waals surface area contributed by atoms with Crippen LogP contribution in [-0.2, 0) is 10.0 Å². The first-order valence-electron chi connectivity index (χ1n) is 4.45. The molecule has 90 valence electrons. The van der Waals surface area contributed by atoms with Crippen molar-refractivity contribution in [1.29, 1.82) is 0 Å². The van der Waals surface area contributed by atoms with E-state index < -0.39 is 16.1 Å². The molecule has 0 unspecified atom stereocenters. The summed E-state index contributed by atoms with van der Waals surface area (Å²) >= 11 is 9.00. The van der Waals surface area contributed by atoms with Gasteiger partial charge >= 0.3 is 0 Å². The first-order chi connectivity index (χ1) is 7.33. The molecule has 7 heteroatoms. The molecule has 0 aromatic heterocycles. The second kappa shape index (κ2) is 5.46. The summed E-state index contributed by atoms with van der Waals surface area (Å²) in [5, 5.41) is 9.14. The number of aliphatic hydroxyl groups excluding tert-OH is 1. The minimum Gasteiger partial charge on any atom is -0.392 e. The van der Waals surface area contributed by atoms with Gasteiger partial charge in [0.1, 0.15) is 4.90 Å². The Morgan fingerprint density at radius 1 is 1.56 bits per heavy atom. The second-order valence-electron chi connectivity index (χ2n) is 3.28. The van der Waals surface area contributed by atoms with Gasteiger partial charge in [-0.3, -0.25) is 0 Å².